The smallest absolute Gasteiger partial charge is 0.433 e. The predicted octanol–water partition coefficient (Wildman–Crippen LogP) is 3.68. The fourth-order valence-electron chi connectivity index (χ4n) is 3.91. The van der Waals surface area contributed by atoms with E-state index in [1.807, 2.05) is 0 Å². The van der Waals surface area contributed by atoms with E-state index in [-0.39, 0.29) is 16.9 Å². The second kappa shape index (κ2) is 8.98. The number of nitrogens with zero attached hydrogens (tertiary/aromatic N) is 2. The Morgan fingerprint density at radius 3 is 2.37 bits per heavy atom. The van der Waals surface area contributed by atoms with Crippen LogP contribution >= 0.6 is 0 Å². The first-order valence-electron chi connectivity index (χ1n) is 10.0. The largest absolute Gasteiger partial charge is 0.481 e. The molecule has 1 aliphatic rings. The second-order valence-corrected chi connectivity index (χ2v) is 8.03. The number of pyridine rings is 2. The van der Waals surface area contributed by atoms with E-state index in [9.17, 15) is 35.9 Å². The van der Waals surface area contributed by atoms with E-state index in [0.717, 1.165) is 32.4 Å². The molecule has 1 aliphatic heterocycles. The van der Waals surface area contributed by atoms with Crippen molar-refractivity contribution in [3.05, 3.63) is 47.4 Å². The number of hydrogen-bond acceptors (Lipinski definition) is 6. The van der Waals surface area contributed by atoms with Crippen LogP contribution in [0.5, 0.6) is 5.88 Å². The van der Waals surface area contributed by atoms with Crippen LogP contribution in [0, 0.1) is 5.92 Å². The van der Waals surface area contributed by atoms with Gasteiger partial charge in [0.25, 0.3) is 11.8 Å². The topological polar surface area (TPSA) is 116 Å². The van der Waals surface area contributed by atoms with Crippen LogP contribution in [0.15, 0.2) is 30.5 Å². The fourth-order valence-corrected chi connectivity index (χ4v) is 3.91. The first-order chi connectivity index (χ1) is 16.1. The van der Waals surface area contributed by atoms with Crippen molar-refractivity contribution in [2.24, 2.45) is 11.7 Å². The Kier molecular flexibility index (Phi) is 6.72. The standard InChI is InChI=1S/C21H20F6N4O4/c1-9-14(11-4-5-13(20(22,23)24)31-18(11)34-3)15(35-19(9,2)21(25,26)27)17(33)30-10-6-7-29-12(8-10)16(28)32/h4-9,14-15H,1-3H3,(H2,28,32)(H,29,30,33)/t9-,14+,15-,19-/m0/s1. The van der Waals surface area contributed by atoms with Gasteiger partial charge < -0.3 is 20.5 Å². The van der Waals surface area contributed by atoms with Crippen molar-refractivity contribution in [3.63, 3.8) is 0 Å². The highest BCUT2D eigenvalue weighted by Crippen LogP contribution is 2.54. The molecular formula is C21H20F6N4O4. The summed E-state index contributed by atoms with van der Waals surface area (Å²) in [6.07, 6.45) is -10.4. The number of carbonyl (C=O) groups excluding carboxylic acids is 2. The molecule has 2 aromatic heterocycles. The van der Waals surface area contributed by atoms with Gasteiger partial charge in [-0.15, -0.1) is 0 Å². The SMILES string of the molecule is COc1nc(C(F)(F)F)ccc1[C@@H]1[C@@H](C(=O)Nc2ccnc(C(N)=O)c2)O[C@](C)(C(F)(F)F)[C@H]1C. The number of alkyl halides is 6. The molecule has 0 bridgehead atoms. The number of nitrogens with one attached hydrogen (secondary N) is 1. The minimum Gasteiger partial charge on any atom is -0.481 e. The molecule has 8 nitrogen and oxygen atoms in total. The number of carbonyl (C=O) groups is 2. The Morgan fingerprint density at radius 1 is 1.17 bits per heavy atom. The summed E-state index contributed by atoms with van der Waals surface area (Å²) in [6, 6.07) is 3.88. The van der Waals surface area contributed by atoms with Crippen molar-refractivity contribution in [1.82, 2.24) is 9.97 Å². The van der Waals surface area contributed by atoms with Crippen molar-refractivity contribution in [2.45, 2.75) is 43.8 Å². The number of rotatable bonds is 5. The third kappa shape index (κ3) is 4.88. The molecule has 0 spiro atoms. The molecule has 0 radical (unpaired) electrons. The van der Waals surface area contributed by atoms with Gasteiger partial charge in [0.1, 0.15) is 17.5 Å². The number of amides is 2. The summed E-state index contributed by atoms with van der Waals surface area (Å²) in [7, 11) is 1.01. The Hall–Kier alpha value is -3.42. The van der Waals surface area contributed by atoms with Crippen molar-refractivity contribution in [3.8, 4) is 5.88 Å². The van der Waals surface area contributed by atoms with Crippen molar-refractivity contribution >= 4 is 17.5 Å². The first-order valence-corrected chi connectivity index (χ1v) is 10.0. The number of hydrogen-bond donors (Lipinski definition) is 2. The molecule has 2 amide bonds. The van der Waals surface area contributed by atoms with E-state index in [0.29, 0.717) is 6.07 Å². The molecule has 0 unspecified atom stereocenters. The van der Waals surface area contributed by atoms with E-state index in [1.54, 1.807) is 0 Å². The highest BCUT2D eigenvalue weighted by molar-refractivity contribution is 5.97. The lowest BCUT2D eigenvalue weighted by molar-refractivity contribution is -0.272. The van der Waals surface area contributed by atoms with Crippen LogP contribution < -0.4 is 15.8 Å². The summed E-state index contributed by atoms with van der Waals surface area (Å²) in [4.78, 5) is 31.5. The number of methoxy groups -OCH3 is 1. The highest BCUT2D eigenvalue weighted by atomic mass is 19.4. The molecule has 3 N–H and O–H groups in total. The Balaban J connectivity index is 2.07. The minimum atomic E-state index is -4.93. The van der Waals surface area contributed by atoms with Gasteiger partial charge in [-0.25, -0.2) is 4.98 Å². The van der Waals surface area contributed by atoms with Crippen molar-refractivity contribution in [1.29, 1.82) is 0 Å². The summed E-state index contributed by atoms with van der Waals surface area (Å²) in [5, 5.41) is 2.34. The molecule has 2 aromatic rings. The molecule has 1 fully saturated rings. The molecule has 14 heteroatoms. The molecule has 3 rings (SSSR count). The summed E-state index contributed by atoms with van der Waals surface area (Å²) in [5.41, 5.74) is 0.602. The number of primary amides is 1. The number of halogens is 6. The van der Waals surface area contributed by atoms with E-state index >= 15 is 0 Å². The van der Waals surface area contributed by atoms with Crippen molar-refractivity contribution in [2.75, 3.05) is 12.4 Å². The summed E-state index contributed by atoms with van der Waals surface area (Å²) in [5.74, 6) is -5.38. The summed E-state index contributed by atoms with van der Waals surface area (Å²) < 4.78 is 91.5. The molecule has 0 aliphatic carbocycles. The zero-order valence-corrected chi connectivity index (χ0v) is 18.5. The van der Waals surface area contributed by atoms with Crippen LogP contribution in [0.3, 0.4) is 0 Å². The minimum absolute atomic E-state index is 0.00748. The molecule has 1 saturated heterocycles. The van der Waals surface area contributed by atoms with Crippen LogP contribution in [-0.2, 0) is 15.7 Å². The number of nitrogens with two attached hydrogens (primary N) is 1. The van der Waals surface area contributed by atoms with Gasteiger partial charge in [0.15, 0.2) is 5.60 Å². The second-order valence-electron chi connectivity index (χ2n) is 8.03. The van der Waals surface area contributed by atoms with Gasteiger partial charge in [-0.3, -0.25) is 14.6 Å². The lowest BCUT2D eigenvalue weighted by Crippen LogP contribution is -2.47. The lowest BCUT2D eigenvalue weighted by Gasteiger charge is -2.31. The lowest BCUT2D eigenvalue weighted by atomic mass is 9.77. The van der Waals surface area contributed by atoms with E-state index in [1.165, 1.54) is 13.0 Å². The maximum absolute atomic E-state index is 14.0. The Morgan fingerprint density at radius 2 is 1.83 bits per heavy atom. The van der Waals surface area contributed by atoms with Gasteiger partial charge in [0, 0.05) is 29.3 Å². The molecule has 0 aromatic carbocycles. The molecular weight excluding hydrogens is 486 g/mol. The average molecular weight is 506 g/mol. The van der Waals surface area contributed by atoms with E-state index in [4.69, 9.17) is 15.2 Å². The quantitative estimate of drug-likeness (QED) is 0.598. The Labute approximate surface area is 194 Å². The third-order valence-corrected chi connectivity index (χ3v) is 5.94. The van der Waals surface area contributed by atoms with Gasteiger partial charge in [-0.2, -0.15) is 26.3 Å². The van der Waals surface area contributed by atoms with E-state index in [2.05, 4.69) is 15.3 Å². The predicted molar refractivity (Wildman–Crippen MR) is 108 cm³/mol. The van der Waals surface area contributed by atoms with Crippen LogP contribution in [0.25, 0.3) is 0 Å². The van der Waals surface area contributed by atoms with Gasteiger partial charge in [0.05, 0.1) is 7.11 Å². The Bertz CT molecular complexity index is 1140. The van der Waals surface area contributed by atoms with Gasteiger partial charge in [0.2, 0.25) is 5.88 Å². The number of anilines is 1. The van der Waals surface area contributed by atoms with Crippen molar-refractivity contribution < 1.29 is 45.4 Å². The summed E-state index contributed by atoms with van der Waals surface area (Å²) >= 11 is 0. The van der Waals surface area contributed by atoms with E-state index < -0.39 is 59.3 Å². The molecule has 190 valence electrons. The molecule has 3 heterocycles. The van der Waals surface area contributed by atoms with Gasteiger partial charge in [-0.05, 0) is 25.1 Å². The number of ether oxygens (including phenoxy) is 2. The maximum Gasteiger partial charge on any atom is 0.433 e. The fraction of sp³-hybridized carbons (Fsp3) is 0.429. The molecule has 0 saturated carbocycles. The maximum atomic E-state index is 14.0. The average Bonchev–Trinajstić information content (AvgIpc) is 3.04. The normalized spacial score (nSPS) is 24.8. The van der Waals surface area contributed by atoms with Crippen LogP contribution in [0.2, 0.25) is 0 Å². The monoisotopic (exact) mass is 506 g/mol. The zero-order valence-electron chi connectivity index (χ0n) is 18.5. The van der Waals surface area contributed by atoms with Crippen LogP contribution in [0.1, 0.15) is 41.5 Å². The van der Waals surface area contributed by atoms with Gasteiger partial charge >= 0.3 is 12.4 Å². The van der Waals surface area contributed by atoms with Crippen LogP contribution in [0.4, 0.5) is 32.0 Å². The summed E-state index contributed by atoms with van der Waals surface area (Å²) in [6.45, 7) is 1.92. The number of aromatic nitrogens is 2. The third-order valence-electron chi connectivity index (χ3n) is 5.94. The highest BCUT2D eigenvalue weighted by Gasteiger charge is 2.66. The van der Waals surface area contributed by atoms with Gasteiger partial charge in [-0.1, -0.05) is 13.0 Å². The van der Waals surface area contributed by atoms with Crippen LogP contribution in [-0.4, -0.2) is 46.8 Å². The molecule has 4 atom stereocenters. The molecule has 35 heavy (non-hydrogen) atoms. The zero-order chi connectivity index (χ0) is 26.3. The first kappa shape index (κ1) is 26.2.